The number of aryl methyl sites for hydroxylation is 2. The van der Waals surface area contributed by atoms with Crippen LogP contribution in [0, 0.1) is 25.2 Å². The average Bonchev–Trinajstić information content (AvgIpc) is 2.41. The van der Waals surface area contributed by atoms with Gasteiger partial charge in [0.2, 0.25) is 0 Å². The maximum atomic E-state index is 8.76. The number of nitrogens with zero attached hydrogens (tertiary/aromatic N) is 3. The van der Waals surface area contributed by atoms with Crippen LogP contribution < -0.4 is 5.32 Å². The lowest BCUT2D eigenvalue weighted by atomic mass is 10.0. The van der Waals surface area contributed by atoms with Gasteiger partial charge in [0.15, 0.2) is 0 Å². The van der Waals surface area contributed by atoms with Gasteiger partial charge in [-0.25, -0.2) is 9.97 Å². The summed E-state index contributed by atoms with van der Waals surface area (Å²) in [7, 11) is 0. The van der Waals surface area contributed by atoms with Crippen LogP contribution in [-0.2, 0) is 6.42 Å². The molecule has 96 valence electrons. The Bertz CT molecular complexity index is 614. The van der Waals surface area contributed by atoms with E-state index in [0.717, 1.165) is 13.0 Å². The quantitative estimate of drug-likeness (QED) is 0.908. The minimum atomic E-state index is 0.379. The second-order valence-electron chi connectivity index (χ2n) is 4.51. The van der Waals surface area contributed by atoms with E-state index in [9.17, 15) is 0 Å². The van der Waals surface area contributed by atoms with Gasteiger partial charge in [0.1, 0.15) is 23.9 Å². The van der Waals surface area contributed by atoms with E-state index in [0.29, 0.717) is 11.5 Å². The van der Waals surface area contributed by atoms with Gasteiger partial charge in [0, 0.05) is 12.6 Å². The Hall–Kier alpha value is -2.41. The molecule has 0 aliphatic heterocycles. The predicted octanol–water partition coefficient (Wildman–Crippen LogP) is 2.62. The summed E-state index contributed by atoms with van der Waals surface area (Å²) in [5, 5.41) is 12.0. The molecule has 0 aliphatic rings. The molecule has 0 amide bonds. The van der Waals surface area contributed by atoms with E-state index in [2.05, 4.69) is 47.3 Å². The van der Waals surface area contributed by atoms with Crippen molar-refractivity contribution in [1.82, 2.24) is 9.97 Å². The third kappa shape index (κ3) is 3.52. The minimum Gasteiger partial charge on any atom is -0.370 e. The smallest absolute Gasteiger partial charge is 0.145 e. The van der Waals surface area contributed by atoms with E-state index in [1.54, 1.807) is 6.07 Å². The molecule has 0 saturated carbocycles. The summed E-state index contributed by atoms with van der Waals surface area (Å²) in [6.07, 6.45) is 2.33. The third-order valence-corrected chi connectivity index (χ3v) is 2.98. The molecular formula is C15H16N4. The molecule has 1 N–H and O–H groups in total. The van der Waals surface area contributed by atoms with Gasteiger partial charge in [0.25, 0.3) is 0 Å². The highest BCUT2D eigenvalue weighted by molar-refractivity contribution is 5.39. The van der Waals surface area contributed by atoms with Crippen LogP contribution in [0.25, 0.3) is 0 Å². The molecule has 1 aromatic heterocycles. The van der Waals surface area contributed by atoms with Crippen LogP contribution in [0.4, 0.5) is 5.82 Å². The van der Waals surface area contributed by atoms with E-state index < -0.39 is 0 Å². The normalized spacial score (nSPS) is 9.95. The molecule has 0 atom stereocenters. The van der Waals surface area contributed by atoms with Crippen molar-refractivity contribution >= 4 is 5.82 Å². The van der Waals surface area contributed by atoms with E-state index in [-0.39, 0.29) is 0 Å². The molecule has 0 saturated heterocycles. The predicted molar refractivity (Wildman–Crippen MR) is 74.9 cm³/mol. The molecule has 0 bridgehead atoms. The largest absolute Gasteiger partial charge is 0.370 e. The first kappa shape index (κ1) is 13.0. The Labute approximate surface area is 113 Å². The highest BCUT2D eigenvalue weighted by Gasteiger charge is 2.00. The topological polar surface area (TPSA) is 61.6 Å². The van der Waals surface area contributed by atoms with Gasteiger partial charge in [-0.1, -0.05) is 23.8 Å². The van der Waals surface area contributed by atoms with Crippen molar-refractivity contribution in [2.75, 3.05) is 11.9 Å². The Morgan fingerprint density at radius 2 is 2.05 bits per heavy atom. The van der Waals surface area contributed by atoms with Crippen molar-refractivity contribution in [3.05, 3.63) is 53.0 Å². The standard InChI is InChI=1S/C15H16N4/c1-11-3-4-13(12(2)7-11)5-6-17-15-8-14(9-16)18-10-19-15/h3-4,7-8,10H,5-6H2,1-2H3,(H,17,18,19). The van der Waals surface area contributed by atoms with Gasteiger partial charge in [-0.05, 0) is 31.4 Å². The molecule has 0 aliphatic carbocycles. The van der Waals surface area contributed by atoms with Crippen molar-refractivity contribution in [1.29, 1.82) is 5.26 Å². The van der Waals surface area contributed by atoms with Crippen LogP contribution in [-0.4, -0.2) is 16.5 Å². The number of rotatable bonds is 4. The molecule has 1 aromatic carbocycles. The lowest BCUT2D eigenvalue weighted by Crippen LogP contribution is -2.07. The number of hydrogen-bond donors (Lipinski definition) is 1. The fourth-order valence-corrected chi connectivity index (χ4v) is 1.97. The summed E-state index contributed by atoms with van der Waals surface area (Å²) in [6.45, 7) is 5.01. The van der Waals surface area contributed by atoms with Crippen LogP contribution in [0.2, 0.25) is 0 Å². The van der Waals surface area contributed by atoms with Gasteiger partial charge in [0.05, 0.1) is 0 Å². The van der Waals surface area contributed by atoms with Crippen LogP contribution in [0.15, 0.2) is 30.6 Å². The highest BCUT2D eigenvalue weighted by atomic mass is 15.0. The first-order valence-corrected chi connectivity index (χ1v) is 6.21. The highest BCUT2D eigenvalue weighted by Crippen LogP contribution is 2.11. The van der Waals surface area contributed by atoms with Crippen molar-refractivity contribution in [2.45, 2.75) is 20.3 Å². The SMILES string of the molecule is Cc1ccc(CCNc2cc(C#N)ncn2)c(C)c1. The third-order valence-electron chi connectivity index (χ3n) is 2.98. The Morgan fingerprint density at radius 1 is 1.21 bits per heavy atom. The van der Waals surface area contributed by atoms with Crippen molar-refractivity contribution in [3.8, 4) is 6.07 Å². The van der Waals surface area contributed by atoms with E-state index in [1.807, 2.05) is 6.07 Å². The van der Waals surface area contributed by atoms with Gasteiger partial charge < -0.3 is 5.32 Å². The number of nitriles is 1. The van der Waals surface area contributed by atoms with E-state index >= 15 is 0 Å². The van der Waals surface area contributed by atoms with E-state index in [1.165, 1.54) is 23.0 Å². The average molecular weight is 252 g/mol. The maximum Gasteiger partial charge on any atom is 0.145 e. The van der Waals surface area contributed by atoms with Gasteiger partial charge in [-0.15, -0.1) is 0 Å². The molecule has 0 spiro atoms. The summed E-state index contributed by atoms with van der Waals surface area (Å²) in [5.74, 6) is 0.691. The van der Waals surface area contributed by atoms with Crippen LogP contribution in [0.5, 0.6) is 0 Å². The zero-order valence-corrected chi connectivity index (χ0v) is 11.1. The number of benzene rings is 1. The summed E-state index contributed by atoms with van der Waals surface area (Å²) in [4.78, 5) is 7.92. The second kappa shape index (κ2) is 5.96. The minimum absolute atomic E-state index is 0.379. The maximum absolute atomic E-state index is 8.76. The molecular weight excluding hydrogens is 236 g/mol. The number of hydrogen-bond acceptors (Lipinski definition) is 4. The van der Waals surface area contributed by atoms with E-state index in [4.69, 9.17) is 5.26 Å². The lowest BCUT2D eigenvalue weighted by Gasteiger charge is -2.08. The van der Waals surface area contributed by atoms with Crippen molar-refractivity contribution in [3.63, 3.8) is 0 Å². The van der Waals surface area contributed by atoms with Crippen LogP contribution in [0.1, 0.15) is 22.4 Å². The van der Waals surface area contributed by atoms with Crippen LogP contribution in [0.3, 0.4) is 0 Å². The summed E-state index contributed by atoms with van der Waals surface area (Å²) >= 11 is 0. The Morgan fingerprint density at radius 3 is 2.79 bits per heavy atom. The number of aromatic nitrogens is 2. The van der Waals surface area contributed by atoms with Gasteiger partial charge in [-0.2, -0.15) is 5.26 Å². The molecule has 0 unspecified atom stereocenters. The molecule has 1 heterocycles. The molecule has 2 aromatic rings. The summed E-state index contributed by atoms with van der Waals surface area (Å²) in [5.41, 5.74) is 4.29. The molecule has 0 fully saturated rings. The zero-order valence-electron chi connectivity index (χ0n) is 11.1. The zero-order chi connectivity index (χ0) is 13.7. The molecule has 0 radical (unpaired) electrons. The second-order valence-corrected chi connectivity index (χ2v) is 4.51. The molecule has 4 nitrogen and oxygen atoms in total. The van der Waals surface area contributed by atoms with Crippen LogP contribution >= 0.6 is 0 Å². The molecule has 19 heavy (non-hydrogen) atoms. The van der Waals surface area contributed by atoms with Crippen molar-refractivity contribution in [2.24, 2.45) is 0 Å². The first-order chi connectivity index (χ1) is 9.19. The monoisotopic (exact) mass is 252 g/mol. The number of nitrogens with one attached hydrogen (secondary N) is 1. The summed E-state index contributed by atoms with van der Waals surface area (Å²) in [6, 6.07) is 10.1. The summed E-state index contributed by atoms with van der Waals surface area (Å²) < 4.78 is 0. The lowest BCUT2D eigenvalue weighted by molar-refractivity contribution is 0.984. The molecule has 4 heteroatoms. The molecule has 2 rings (SSSR count). The fraction of sp³-hybridized carbons (Fsp3) is 0.267. The van der Waals surface area contributed by atoms with Crippen molar-refractivity contribution < 1.29 is 0 Å². The van der Waals surface area contributed by atoms with Gasteiger partial charge >= 0.3 is 0 Å². The van der Waals surface area contributed by atoms with Gasteiger partial charge in [-0.3, -0.25) is 0 Å². The first-order valence-electron chi connectivity index (χ1n) is 6.21. The fourth-order valence-electron chi connectivity index (χ4n) is 1.97. The Kier molecular flexibility index (Phi) is 4.09. The number of anilines is 1. The Balaban J connectivity index is 1.94.